The van der Waals surface area contributed by atoms with Gasteiger partial charge >= 0.3 is 0 Å². The third-order valence-electron chi connectivity index (χ3n) is 4.99. The Morgan fingerprint density at radius 3 is 2.28 bits per heavy atom. The van der Waals surface area contributed by atoms with Crippen molar-refractivity contribution in [1.82, 2.24) is 9.80 Å². The van der Waals surface area contributed by atoms with Crippen LogP contribution in [-0.4, -0.2) is 59.8 Å². The first-order valence-electron chi connectivity index (χ1n) is 7.85. The maximum Gasteiger partial charge on any atom is 0.0692 e. The zero-order valence-electron chi connectivity index (χ0n) is 12.1. The molecule has 18 heavy (non-hydrogen) atoms. The molecule has 3 nitrogen and oxygen atoms in total. The Kier molecular flexibility index (Phi) is 5.46. The van der Waals surface area contributed by atoms with Gasteiger partial charge in [0.15, 0.2) is 0 Å². The Balaban J connectivity index is 1.69. The topological polar surface area (TPSA) is 26.7 Å². The molecule has 0 aromatic carbocycles. The smallest absolute Gasteiger partial charge is 0.0692 e. The SMILES string of the molecule is CCC(C)C(O)CN1CCN(C2CCCC2)CC1. The van der Waals surface area contributed by atoms with E-state index in [4.69, 9.17) is 0 Å². The van der Waals surface area contributed by atoms with Gasteiger partial charge < -0.3 is 5.11 Å². The van der Waals surface area contributed by atoms with E-state index in [2.05, 4.69) is 23.6 Å². The highest BCUT2D eigenvalue weighted by Gasteiger charge is 2.27. The highest BCUT2D eigenvalue weighted by atomic mass is 16.3. The van der Waals surface area contributed by atoms with E-state index in [1.807, 2.05) is 0 Å². The molecule has 2 rings (SSSR count). The predicted octanol–water partition coefficient (Wildman–Crippen LogP) is 1.95. The molecular weight excluding hydrogens is 224 g/mol. The number of piperazine rings is 1. The standard InChI is InChI=1S/C15H30N2O/c1-3-13(2)15(18)12-16-8-10-17(11-9-16)14-6-4-5-7-14/h13-15,18H,3-12H2,1-2H3. The van der Waals surface area contributed by atoms with Gasteiger partial charge in [-0.05, 0) is 18.8 Å². The molecule has 2 aliphatic rings. The van der Waals surface area contributed by atoms with Crippen LogP contribution in [0, 0.1) is 5.92 Å². The molecule has 0 amide bonds. The highest BCUT2D eigenvalue weighted by molar-refractivity contribution is 4.83. The van der Waals surface area contributed by atoms with Crippen LogP contribution in [0.5, 0.6) is 0 Å². The van der Waals surface area contributed by atoms with Gasteiger partial charge in [0.2, 0.25) is 0 Å². The minimum Gasteiger partial charge on any atom is -0.392 e. The van der Waals surface area contributed by atoms with Crippen LogP contribution in [0.3, 0.4) is 0 Å². The minimum absolute atomic E-state index is 0.145. The van der Waals surface area contributed by atoms with Crippen LogP contribution >= 0.6 is 0 Å². The first-order chi connectivity index (χ1) is 8.70. The quantitative estimate of drug-likeness (QED) is 0.812. The first kappa shape index (κ1) is 14.3. The molecule has 1 aliphatic heterocycles. The number of aliphatic hydroxyl groups is 1. The molecule has 1 aliphatic carbocycles. The van der Waals surface area contributed by atoms with Crippen molar-refractivity contribution in [2.24, 2.45) is 5.92 Å². The molecule has 1 N–H and O–H groups in total. The zero-order valence-corrected chi connectivity index (χ0v) is 12.1. The van der Waals surface area contributed by atoms with E-state index in [-0.39, 0.29) is 6.10 Å². The van der Waals surface area contributed by atoms with Crippen molar-refractivity contribution in [3.63, 3.8) is 0 Å². The van der Waals surface area contributed by atoms with Gasteiger partial charge in [-0.3, -0.25) is 9.80 Å². The lowest BCUT2D eigenvalue weighted by molar-refractivity contribution is 0.0351. The molecule has 1 heterocycles. The van der Waals surface area contributed by atoms with Crippen molar-refractivity contribution >= 4 is 0 Å². The summed E-state index contributed by atoms with van der Waals surface area (Å²) in [7, 11) is 0. The fourth-order valence-electron chi connectivity index (χ4n) is 3.30. The lowest BCUT2D eigenvalue weighted by atomic mass is 10.0. The van der Waals surface area contributed by atoms with Gasteiger partial charge in [0.05, 0.1) is 6.10 Å². The van der Waals surface area contributed by atoms with E-state index in [1.165, 1.54) is 38.8 Å². The Morgan fingerprint density at radius 1 is 1.11 bits per heavy atom. The Hall–Kier alpha value is -0.120. The average molecular weight is 254 g/mol. The molecule has 0 aromatic rings. The molecule has 2 fully saturated rings. The molecule has 106 valence electrons. The van der Waals surface area contributed by atoms with Crippen molar-refractivity contribution < 1.29 is 5.11 Å². The fourth-order valence-corrected chi connectivity index (χ4v) is 3.30. The Labute approximate surface area is 112 Å². The van der Waals surface area contributed by atoms with Gasteiger partial charge in [-0.25, -0.2) is 0 Å². The van der Waals surface area contributed by atoms with Crippen LogP contribution in [0.25, 0.3) is 0 Å². The molecule has 0 radical (unpaired) electrons. The summed E-state index contributed by atoms with van der Waals surface area (Å²) in [6.45, 7) is 9.88. The van der Waals surface area contributed by atoms with Gasteiger partial charge in [0, 0.05) is 38.8 Å². The van der Waals surface area contributed by atoms with Crippen LogP contribution in [0.4, 0.5) is 0 Å². The van der Waals surface area contributed by atoms with E-state index >= 15 is 0 Å². The lowest BCUT2D eigenvalue weighted by Gasteiger charge is -2.39. The highest BCUT2D eigenvalue weighted by Crippen LogP contribution is 2.24. The molecular formula is C15H30N2O. The first-order valence-corrected chi connectivity index (χ1v) is 7.85. The van der Waals surface area contributed by atoms with Crippen molar-refractivity contribution in [2.45, 2.75) is 58.1 Å². The van der Waals surface area contributed by atoms with Crippen LogP contribution in [0.15, 0.2) is 0 Å². The molecule has 2 atom stereocenters. The van der Waals surface area contributed by atoms with Gasteiger partial charge in [-0.2, -0.15) is 0 Å². The molecule has 1 saturated heterocycles. The third kappa shape index (κ3) is 3.69. The second kappa shape index (κ2) is 6.88. The summed E-state index contributed by atoms with van der Waals surface area (Å²) in [5.41, 5.74) is 0. The van der Waals surface area contributed by atoms with E-state index in [0.717, 1.165) is 32.1 Å². The van der Waals surface area contributed by atoms with Crippen LogP contribution in [-0.2, 0) is 0 Å². The van der Waals surface area contributed by atoms with E-state index < -0.39 is 0 Å². The Bertz CT molecular complexity index is 233. The predicted molar refractivity (Wildman–Crippen MR) is 75.7 cm³/mol. The van der Waals surface area contributed by atoms with Crippen LogP contribution < -0.4 is 0 Å². The number of β-amino-alcohol motifs (C(OH)–C–C–N with tert-alkyl or cyclic N) is 1. The minimum atomic E-state index is -0.145. The monoisotopic (exact) mass is 254 g/mol. The molecule has 2 unspecified atom stereocenters. The number of nitrogens with zero attached hydrogens (tertiary/aromatic N) is 2. The summed E-state index contributed by atoms with van der Waals surface area (Å²) in [6, 6.07) is 0.867. The summed E-state index contributed by atoms with van der Waals surface area (Å²) in [4.78, 5) is 5.13. The van der Waals surface area contributed by atoms with Crippen molar-refractivity contribution in [3.8, 4) is 0 Å². The normalized spacial score (nSPS) is 27.5. The van der Waals surface area contributed by atoms with Gasteiger partial charge in [-0.15, -0.1) is 0 Å². The average Bonchev–Trinajstić information content (AvgIpc) is 2.92. The summed E-state index contributed by atoms with van der Waals surface area (Å²) in [5, 5.41) is 10.1. The van der Waals surface area contributed by atoms with Crippen molar-refractivity contribution in [2.75, 3.05) is 32.7 Å². The third-order valence-corrected chi connectivity index (χ3v) is 4.99. The largest absolute Gasteiger partial charge is 0.392 e. The Morgan fingerprint density at radius 2 is 1.72 bits per heavy atom. The molecule has 3 heteroatoms. The number of hydrogen-bond acceptors (Lipinski definition) is 3. The van der Waals surface area contributed by atoms with E-state index in [9.17, 15) is 5.11 Å². The van der Waals surface area contributed by atoms with Crippen molar-refractivity contribution in [1.29, 1.82) is 0 Å². The second-order valence-electron chi connectivity index (χ2n) is 6.23. The number of hydrogen-bond donors (Lipinski definition) is 1. The summed E-state index contributed by atoms with van der Waals surface area (Å²) in [5.74, 6) is 0.429. The lowest BCUT2D eigenvalue weighted by Crippen LogP contribution is -2.51. The molecule has 0 bridgehead atoms. The van der Waals surface area contributed by atoms with E-state index in [1.54, 1.807) is 0 Å². The van der Waals surface area contributed by atoms with Gasteiger partial charge in [-0.1, -0.05) is 33.1 Å². The molecule has 1 saturated carbocycles. The zero-order chi connectivity index (χ0) is 13.0. The van der Waals surface area contributed by atoms with Gasteiger partial charge in [0.25, 0.3) is 0 Å². The van der Waals surface area contributed by atoms with Crippen LogP contribution in [0.2, 0.25) is 0 Å². The van der Waals surface area contributed by atoms with E-state index in [0.29, 0.717) is 5.92 Å². The molecule has 0 aromatic heterocycles. The summed E-state index contributed by atoms with van der Waals surface area (Å²) >= 11 is 0. The number of aliphatic hydroxyl groups excluding tert-OH is 1. The number of rotatable bonds is 5. The summed E-state index contributed by atoms with van der Waals surface area (Å²) in [6.07, 6.45) is 6.61. The van der Waals surface area contributed by atoms with Gasteiger partial charge in [0.1, 0.15) is 0 Å². The maximum atomic E-state index is 10.1. The molecule has 0 spiro atoms. The maximum absolute atomic E-state index is 10.1. The van der Waals surface area contributed by atoms with Crippen LogP contribution in [0.1, 0.15) is 46.0 Å². The fraction of sp³-hybridized carbons (Fsp3) is 1.00. The summed E-state index contributed by atoms with van der Waals surface area (Å²) < 4.78 is 0. The van der Waals surface area contributed by atoms with Crippen molar-refractivity contribution in [3.05, 3.63) is 0 Å². The second-order valence-corrected chi connectivity index (χ2v) is 6.23.